The van der Waals surface area contributed by atoms with Gasteiger partial charge in [-0.15, -0.1) is 24.0 Å². The van der Waals surface area contributed by atoms with Gasteiger partial charge in [-0.3, -0.25) is 9.89 Å². The van der Waals surface area contributed by atoms with E-state index in [2.05, 4.69) is 10.2 Å². The van der Waals surface area contributed by atoms with Gasteiger partial charge in [0.15, 0.2) is 5.96 Å². The first-order valence-corrected chi connectivity index (χ1v) is 9.93. The normalized spacial score (nSPS) is 24.3. The number of rotatable bonds is 6. The first kappa shape index (κ1) is 21.7. The van der Waals surface area contributed by atoms with E-state index >= 15 is 0 Å². The Morgan fingerprint density at radius 3 is 2.85 bits per heavy atom. The monoisotopic (exact) mass is 492 g/mol. The number of hydrogen-bond donors (Lipinski definition) is 2. The van der Waals surface area contributed by atoms with Crippen LogP contribution in [0, 0.1) is 0 Å². The van der Waals surface area contributed by atoms with E-state index in [1.807, 2.05) is 36.0 Å². The summed E-state index contributed by atoms with van der Waals surface area (Å²) in [4.78, 5) is 7.24. The highest BCUT2D eigenvalue weighted by atomic mass is 127. The summed E-state index contributed by atoms with van der Waals surface area (Å²) in [6, 6.07) is 8.01. The molecule has 3 N–H and O–H groups in total. The molecule has 0 amide bonds. The van der Waals surface area contributed by atoms with Crippen LogP contribution in [-0.2, 0) is 16.1 Å². The molecule has 6 nitrogen and oxygen atoms in total. The number of aliphatic imine (C=N–C) groups is 1. The van der Waals surface area contributed by atoms with Gasteiger partial charge in [-0.1, -0.05) is 18.2 Å². The zero-order valence-corrected chi connectivity index (χ0v) is 18.4. The minimum atomic E-state index is 0. The third kappa shape index (κ3) is 5.48. The van der Waals surface area contributed by atoms with Crippen molar-refractivity contribution in [3.8, 4) is 0 Å². The molecule has 2 fully saturated rings. The van der Waals surface area contributed by atoms with Gasteiger partial charge in [-0.25, -0.2) is 0 Å². The number of morpholine rings is 1. The molecule has 26 heavy (non-hydrogen) atoms. The van der Waals surface area contributed by atoms with Crippen LogP contribution in [0.15, 0.2) is 29.3 Å². The number of benzene rings is 1. The molecule has 0 aromatic heterocycles. The standard InChI is InChI=1S/C18H28N4O2S.HI/c1-23-12-15-4-2-3-5-16(15)21-17(19)20-13-18(6-11-25-14-18)22-7-9-24-10-8-22;/h2-5H,6-14H2,1H3,(H3,19,20,21);1H. The first-order valence-electron chi connectivity index (χ1n) is 8.78. The predicted octanol–water partition coefficient (Wildman–Crippen LogP) is 2.39. The number of nitrogens with two attached hydrogens (primary N) is 1. The molecule has 2 saturated heterocycles. The fraction of sp³-hybridized carbons (Fsp3) is 0.611. The topological polar surface area (TPSA) is 72.1 Å². The van der Waals surface area contributed by atoms with Crippen LogP contribution in [-0.4, -0.2) is 67.9 Å². The number of thioether (sulfide) groups is 1. The second kappa shape index (κ2) is 10.7. The summed E-state index contributed by atoms with van der Waals surface area (Å²) in [5.74, 6) is 2.77. The highest BCUT2D eigenvalue weighted by Gasteiger charge is 2.40. The molecule has 0 aliphatic carbocycles. The van der Waals surface area contributed by atoms with E-state index in [-0.39, 0.29) is 29.5 Å². The molecule has 2 heterocycles. The van der Waals surface area contributed by atoms with Crippen molar-refractivity contribution in [2.45, 2.75) is 18.6 Å². The largest absolute Gasteiger partial charge is 0.380 e. The average Bonchev–Trinajstić information content (AvgIpc) is 3.13. The van der Waals surface area contributed by atoms with Crippen LogP contribution in [0.3, 0.4) is 0 Å². The summed E-state index contributed by atoms with van der Waals surface area (Å²) in [5.41, 5.74) is 8.33. The second-order valence-corrected chi connectivity index (χ2v) is 7.65. The van der Waals surface area contributed by atoms with Crippen LogP contribution in [0.25, 0.3) is 0 Å². The number of halogens is 1. The molecule has 0 spiro atoms. The van der Waals surface area contributed by atoms with E-state index < -0.39 is 0 Å². The quantitative estimate of drug-likeness (QED) is 0.361. The van der Waals surface area contributed by atoms with E-state index in [4.69, 9.17) is 20.2 Å². The third-order valence-corrected chi connectivity index (χ3v) is 6.12. The number of nitrogens with one attached hydrogen (secondary N) is 1. The van der Waals surface area contributed by atoms with E-state index in [0.29, 0.717) is 12.6 Å². The van der Waals surface area contributed by atoms with Gasteiger partial charge in [-0.05, 0) is 18.2 Å². The van der Waals surface area contributed by atoms with Crippen LogP contribution in [0.5, 0.6) is 0 Å². The van der Waals surface area contributed by atoms with Crippen molar-refractivity contribution in [2.75, 3.05) is 56.8 Å². The van der Waals surface area contributed by atoms with Crippen LogP contribution in [0.4, 0.5) is 5.69 Å². The molecule has 146 valence electrons. The van der Waals surface area contributed by atoms with Gasteiger partial charge in [0.1, 0.15) is 0 Å². The van der Waals surface area contributed by atoms with Gasteiger partial charge in [0.25, 0.3) is 0 Å². The zero-order valence-electron chi connectivity index (χ0n) is 15.3. The van der Waals surface area contributed by atoms with Gasteiger partial charge in [0, 0.05) is 37.2 Å². The maximum Gasteiger partial charge on any atom is 0.193 e. The Morgan fingerprint density at radius 2 is 2.15 bits per heavy atom. The lowest BCUT2D eigenvalue weighted by Crippen LogP contribution is -2.56. The number of nitrogens with zero attached hydrogens (tertiary/aromatic N) is 2. The highest BCUT2D eigenvalue weighted by molar-refractivity contribution is 14.0. The summed E-state index contributed by atoms with van der Waals surface area (Å²) >= 11 is 2.01. The third-order valence-electron chi connectivity index (χ3n) is 4.89. The number of para-hydroxylation sites is 1. The summed E-state index contributed by atoms with van der Waals surface area (Å²) in [5, 5.41) is 3.24. The van der Waals surface area contributed by atoms with Gasteiger partial charge in [0.2, 0.25) is 0 Å². The molecule has 1 atom stereocenters. The Bertz CT molecular complexity index is 590. The number of methoxy groups -OCH3 is 1. The number of guanidine groups is 1. The van der Waals surface area contributed by atoms with Crippen molar-refractivity contribution < 1.29 is 9.47 Å². The molecular weight excluding hydrogens is 463 g/mol. The molecule has 3 rings (SSSR count). The van der Waals surface area contributed by atoms with Gasteiger partial charge >= 0.3 is 0 Å². The Labute approximate surface area is 177 Å². The number of hydrogen-bond acceptors (Lipinski definition) is 5. The maximum absolute atomic E-state index is 6.19. The number of ether oxygens (including phenoxy) is 2. The number of anilines is 1. The molecule has 1 aromatic rings. The van der Waals surface area contributed by atoms with Crippen LogP contribution >= 0.6 is 35.7 Å². The van der Waals surface area contributed by atoms with Crippen molar-refractivity contribution in [3.63, 3.8) is 0 Å². The Kier molecular flexibility index (Phi) is 8.95. The summed E-state index contributed by atoms with van der Waals surface area (Å²) in [6.07, 6.45) is 1.16. The SMILES string of the molecule is COCc1ccccc1NC(N)=NCC1(N2CCOCC2)CCSC1.I. The molecule has 1 aromatic carbocycles. The molecule has 0 bridgehead atoms. The van der Waals surface area contributed by atoms with E-state index in [1.165, 1.54) is 5.75 Å². The summed E-state index contributed by atoms with van der Waals surface area (Å²) < 4.78 is 10.8. The van der Waals surface area contributed by atoms with E-state index in [1.54, 1.807) is 7.11 Å². The zero-order chi connectivity index (χ0) is 17.5. The molecule has 2 aliphatic heterocycles. The van der Waals surface area contributed by atoms with Crippen LogP contribution in [0.2, 0.25) is 0 Å². The van der Waals surface area contributed by atoms with Crippen LogP contribution in [0.1, 0.15) is 12.0 Å². The molecule has 2 aliphatic rings. The molecule has 8 heteroatoms. The van der Waals surface area contributed by atoms with Gasteiger partial charge < -0.3 is 20.5 Å². The van der Waals surface area contributed by atoms with Crippen molar-refractivity contribution in [3.05, 3.63) is 29.8 Å². The van der Waals surface area contributed by atoms with Gasteiger partial charge in [-0.2, -0.15) is 11.8 Å². The molecule has 0 radical (unpaired) electrons. The molecule has 0 saturated carbocycles. The van der Waals surface area contributed by atoms with Crippen molar-refractivity contribution in [1.29, 1.82) is 0 Å². The van der Waals surface area contributed by atoms with E-state index in [9.17, 15) is 0 Å². The second-order valence-electron chi connectivity index (χ2n) is 6.54. The summed E-state index contributed by atoms with van der Waals surface area (Å²) in [6.45, 7) is 4.87. The fourth-order valence-corrected chi connectivity index (χ4v) is 4.91. The highest BCUT2D eigenvalue weighted by Crippen LogP contribution is 2.34. The predicted molar refractivity (Wildman–Crippen MR) is 120 cm³/mol. The molecular formula is C18H29IN4O2S. The lowest BCUT2D eigenvalue weighted by Gasteiger charge is -2.42. The van der Waals surface area contributed by atoms with Crippen molar-refractivity contribution >= 4 is 47.4 Å². The Balaban J connectivity index is 0.00000243. The van der Waals surface area contributed by atoms with E-state index in [0.717, 1.165) is 56.3 Å². The maximum atomic E-state index is 6.19. The molecule has 1 unspecified atom stereocenters. The smallest absolute Gasteiger partial charge is 0.193 e. The fourth-order valence-electron chi connectivity index (χ4n) is 3.44. The lowest BCUT2D eigenvalue weighted by atomic mass is 9.96. The minimum absolute atomic E-state index is 0. The Morgan fingerprint density at radius 1 is 1.38 bits per heavy atom. The minimum Gasteiger partial charge on any atom is -0.380 e. The van der Waals surface area contributed by atoms with Crippen LogP contribution < -0.4 is 11.1 Å². The van der Waals surface area contributed by atoms with Gasteiger partial charge in [0.05, 0.1) is 31.9 Å². The summed E-state index contributed by atoms with van der Waals surface area (Å²) in [7, 11) is 1.69. The van der Waals surface area contributed by atoms with Crippen molar-refractivity contribution in [1.82, 2.24) is 4.90 Å². The average molecular weight is 492 g/mol. The Hall–Kier alpha value is -0.550. The first-order chi connectivity index (χ1) is 12.2. The van der Waals surface area contributed by atoms with Crippen molar-refractivity contribution in [2.24, 2.45) is 10.7 Å². The lowest BCUT2D eigenvalue weighted by molar-refractivity contribution is -0.0104.